The van der Waals surface area contributed by atoms with Crippen molar-refractivity contribution in [1.29, 1.82) is 0 Å². The van der Waals surface area contributed by atoms with Gasteiger partial charge in [-0.05, 0) is 55.5 Å². The monoisotopic (exact) mass is 253 g/mol. The molecule has 1 fully saturated rings. The average Bonchev–Trinajstić information content (AvgIpc) is 2.76. The highest BCUT2D eigenvalue weighted by molar-refractivity contribution is 7.10. The number of hydrogen-bond acceptors (Lipinski definition) is 3. The molecule has 1 aliphatic carbocycles. The topological polar surface area (TPSA) is 35.2 Å². The normalized spacial score (nSPS) is 31.4. The molecule has 2 N–H and O–H groups in total. The molecule has 1 unspecified atom stereocenters. The summed E-state index contributed by atoms with van der Waals surface area (Å²) in [4.78, 5) is 1.32. The van der Waals surface area contributed by atoms with E-state index in [9.17, 15) is 0 Å². The molecular weight excluding hydrogens is 230 g/mol. The van der Waals surface area contributed by atoms with Gasteiger partial charge in [0.2, 0.25) is 0 Å². The Morgan fingerprint density at radius 3 is 2.59 bits per heavy atom. The van der Waals surface area contributed by atoms with E-state index < -0.39 is 0 Å². The van der Waals surface area contributed by atoms with E-state index in [2.05, 4.69) is 25.3 Å². The van der Waals surface area contributed by atoms with Crippen LogP contribution in [0.25, 0.3) is 0 Å². The zero-order valence-corrected chi connectivity index (χ0v) is 11.8. The molecule has 0 radical (unpaired) electrons. The lowest BCUT2D eigenvalue weighted by Crippen LogP contribution is -2.45. The lowest BCUT2D eigenvalue weighted by Gasteiger charge is -2.42. The van der Waals surface area contributed by atoms with E-state index in [-0.39, 0.29) is 11.6 Å². The van der Waals surface area contributed by atoms with Gasteiger partial charge in [-0.25, -0.2) is 0 Å². The fourth-order valence-corrected chi connectivity index (χ4v) is 3.56. The van der Waals surface area contributed by atoms with E-state index in [4.69, 9.17) is 10.5 Å². The van der Waals surface area contributed by atoms with Crippen LogP contribution in [0.1, 0.15) is 49.1 Å². The van der Waals surface area contributed by atoms with Gasteiger partial charge >= 0.3 is 0 Å². The zero-order valence-electron chi connectivity index (χ0n) is 11.0. The summed E-state index contributed by atoms with van der Waals surface area (Å²) in [7, 11) is 1.81. The van der Waals surface area contributed by atoms with Gasteiger partial charge in [-0.3, -0.25) is 0 Å². The minimum Gasteiger partial charge on any atom is -0.376 e. The van der Waals surface area contributed by atoms with Crippen molar-refractivity contribution in [3.05, 3.63) is 21.9 Å². The molecule has 0 bridgehead atoms. The molecule has 1 aromatic heterocycles. The maximum atomic E-state index is 6.46. The zero-order chi connectivity index (χ0) is 12.5. The first-order chi connectivity index (χ1) is 8.07. The van der Waals surface area contributed by atoms with Crippen LogP contribution in [0.5, 0.6) is 0 Å². The summed E-state index contributed by atoms with van der Waals surface area (Å²) in [5, 5.41) is 2.18. The number of hydrogen-bond donors (Lipinski definition) is 1. The minimum atomic E-state index is -0.139. The molecule has 0 aromatic carbocycles. The summed E-state index contributed by atoms with van der Waals surface area (Å²) in [5.41, 5.74) is 7.56. The fourth-order valence-electron chi connectivity index (χ4n) is 2.82. The Morgan fingerprint density at radius 1 is 1.47 bits per heavy atom. The molecule has 96 valence electrons. The van der Waals surface area contributed by atoms with Crippen LogP contribution in [0.2, 0.25) is 0 Å². The average molecular weight is 253 g/mol. The molecule has 17 heavy (non-hydrogen) atoms. The third-order valence-corrected chi connectivity index (χ3v) is 5.08. The molecule has 0 aliphatic heterocycles. The van der Waals surface area contributed by atoms with Gasteiger partial charge in [-0.15, -0.1) is 11.3 Å². The summed E-state index contributed by atoms with van der Waals surface area (Å²) in [6, 6.07) is 2.22. The summed E-state index contributed by atoms with van der Waals surface area (Å²) in [6.45, 7) is 4.45. The van der Waals surface area contributed by atoms with Gasteiger partial charge in [0, 0.05) is 12.0 Å². The first-order valence-corrected chi connectivity index (χ1v) is 7.31. The summed E-state index contributed by atoms with van der Waals surface area (Å²) in [6.07, 6.45) is 4.62. The van der Waals surface area contributed by atoms with Crippen LogP contribution in [0.4, 0.5) is 0 Å². The Morgan fingerprint density at radius 2 is 2.12 bits per heavy atom. The van der Waals surface area contributed by atoms with Crippen LogP contribution in [-0.2, 0) is 4.74 Å². The molecule has 1 saturated carbocycles. The minimum absolute atomic E-state index is 0.0185. The van der Waals surface area contributed by atoms with Gasteiger partial charge < -0.3 is 10.5 Å². The lowest BCUT2D eigenvalue weighted by atomic mass is 9.74. The summed E-state index contributed by atoms with van der Waals surface area (Å²) in [5.74, 6) is 0.815. The van der Waals surface area contributed by atoms with Crippen molar-refractivity contribution in [3.8, 4) is 0 Å². The highest BCUT2D eigenvalue weighted by Crippen LogP contribution is 2.42. The van der Waals surface area contributed by atoms with Crippen molar-refractivity contribution in [1.82, 2.24) is 0 Å². The summed E-state index contributed by atoms with van der Waals surface area (Å²) < 4.78 is 5.83. The van der Waals surface area contributed by atoms with Crippen molar-refractivity contribution in [2.75, 3.05) is 7.11 Å². The van der Waals surface area contributed by atoms with Crippen molar-refractivity contribution < 1.29 is 4.74 Å². The molecule has 1 aliphatic rings. The summed E-state index contributed by atoms with van der Waals surface area (Å²) >= 11 is 1.77. The molecule has 0 spiro atoms. The van der Waals surface area contributed by atoms with Crippen molar-refractivity contribution in [2.45, 2.75) is 51.2 Å². The first-order valence-electron chi connectivity index (χ1n) is 6.43. The highest BCUT2D eigenvalue weighted by atomic mass is 32.1. The third kappa shape index (κ3) is 2.56. The second kappa shape index (κ2) is 5.09. The molecule has 2 rings (SSSR count). The smallest absolute Gasteiger partial charge is 0.0870 e. The lowest BCUT2D eigenvalue weighted by molar-refractivity contribution is -0.0671. The Bertz CT molecular complexity index is 366. The Kier molecular flexibility index (Phi) is 3.91. The fraction of sp³-hybridized carbons (Fsp3) is 0.714. The number of aryl methyl sites for hydroxylation is 1. The maximum absolute atomic E-state index is 6.46. The van der Waals surface area contributed by atoms with Crippen molar-refractivity contribution in [3.63, 3.8) is 0 Å². The second-order valence-corrected chi connectivity index (χ2v) is 6.54. The van der Waals surface area contributed by atoms with Gasteiger partial charge in [-0.1, -0.05) is 6.92 Å². The first kappa shape index (κ1) is 13.1. The molecule has 1 heterocycles. The number of rotatable bonds is 3. The van der Waals surface area contributed by atoms with E-state index in [0.717, 1.165) is 18.8 Å². The molecule has 1 aromatic rings. The number of thiophene rings is 1. The van der Waals surface area contributed by atoms with E-state index in [1.165, 1.54) is 23.3 Å². The van der Waals surface area contributed by atoms with Gasteiger partial charge in [0.25, 0.3) is 0 Å². The SMILES string of the molecule is COC1(C(N)c2csc(C)c2)CCC(C)CC1. The van der Waals surface area contributed by atoms with E-state index in [0.29, 0.717) is 0 Å². The van der Waals surface area contributed by atoms with Crippen LogP contribution in [-0.4, -0.2) is 12.7 Å². The standard InChI is InChI=1S/C14H23NOS/c1-10-4-6-14(16-3,7-5-10)13(15)12-8-11(2)17-9-12/h8-10,13H,4-7,15H2,1-3H3. The van der Waals surface area contributed by atoms with E-state index in [1.54, 1.807) is 11.3 Å². The van der Waals surface area contributed by atoms with Gasteiger partial charge in [0.1, 0.15) is 0 Å². The number of ether oxygens (including phenoxy) is 1. The molecule has 0 amide bonds. The number of methoxy groups -OCH3 is 1. The number of nitrogens with two attached hydrogens (primary N) is 1. The Hall–Kier alpha value is -0.380. The van der Waals surface area contributed by atoms with Crippen molar-refractivity contribution >= 4 is 11.3 Å². The van der Waals surface area contributed by atoms with E-state index in [1.807, 2.05) is 7.11 Å². The highest BCUT2D eigenvalue weighted by Gasteiger charge is 2.40. The van der Waals surface area contributed by atoms with Crippen LogP contribution in [0.15, 0.2) is 11.4 Å². The molecule has 3 heteroatoms. The van der Waals surface area contributed by atoms with Gasteiger partial charge in [-0.2, -0.15) is 0 Å². The predicted octanol–water partition coefficient (Wildman–Crippen LogP) is 3.65. The maximum Gasteiger partial charge on any atom is 0.0870 e. The molecular formula is C14H23NOS. The van der Waals surface area contributed by atoms with Crippen molar-refractivity contribution in [2.24, 2.45) is 11.7 Å². The van der Waals surface area contributed by atoms with Crippen LogP contribution < -0.4 is 5.73 Å². The van der Waals surface area contributed by atoms with Gasteiger partial charge in [0.05, 0.1) is 11.6 Å². The van der Waals surface area contributed by atoms with Crippen LogP contribution >= 0.6 is 11.3 Å². The Balaban J connectivity index is 2.17. The second-order valence-electron chi connectivity index (χ2n) is 5.42. The van der Waals surface area contributed by atoms with Gasteiger partial charge in [0.15, 0.2) is 0 Å². The molecule has 2 nitrogen and oxygen atoms in total. The largest absolute Gasteiger partial charge is 0.376 e. The third-order valence-electron chi connectivity index (χ3n) is 4.20. The molecule has 1 atom stereocenters. The quantitative estimate of drug-likeness (QED) is 0.892. The Labute approximate surface area is 108 Å². The van der Waals surface area contributed by atoms with Crippen LogP contribution in [0.3, 0.4) is 0 Å². The van der Waals surface area contributed by atoms with Crippen LogP contribution in [0, 0.1) is 12.8 Å². The predicted molar refractivity (Wildman–Crippen MR) is 73.4 cm³/mol. The van der Waals surface area contributed by atoms with E-state index >= 15 is 0 Å². The molecule has 0 saturated heterocycles.